The van der Waals surface area contributed by atoms with Gasteiger partial charge in [-0.15, -0.1) is 0 Å². The monoisotopic (exact) mass is 283 g/mol. The number of carboxylic acids is 1. The van der Waals surface area contributed by atoms with Gasteiger partial charge in [0, 0.05) is 29.7 Å². The molecule has 0 aliphatic heterocycles. The minimum atomic E-state index is -1.34. The molecular weight excluding hydrogens is 273 g/mol. The number of pyridine rings is 2. The first-order valence-corrected chi connectivity index (χ1v) is 6.14. The van der Waals surface area contributed by atoms with Gasteiger partial charge in [-0.3, -0.25) is 4.98 Å². The lowest BCUT2D eigenvalue weighted by molar-refractivity contribution is 0.0692. The molecule has 2 heterocycles. The molecule has 0 bridgehead atoms. The van der Waals surface area contributed by atoms with Crippen LogP contribution in [0.25, 0.3) is 10.8 Å². The molecule has 0 saturated carbocycles. The van der Waals surface area contributed by atoms with Crippen LogP contribution in [0.5, 0.6) is 0 Å². The molecule has 2 N–H and O–H groups in total. The van der Waals surface area contributed by atoms with E-state index in [1.165, 1.54) is 6.20 Å². The van der Waals surface area contributed by atoms with Crippen LogP contribution >= 0.6 is 0 Å². The van der Waals surface area contributed by atoms with E-state index in [9.17, 15) is 9.18 Å². The summed E-state index contributed by atoms with van der Waals surface area (Å²) >= 11 is 0. The zero-order valence-corrected chi connectivity index (χ0v) is 10.7. The minimum absolute atomic E-state index is 0.133. The number of rotatable bonds is 3. The number of fused-ring (bicyclic) bond motifs is 1. The maximum Gasteiger partial charge on any atom is 0.338 e. The van der Waals surface area contributed by atoms with Gasteiger partial charge in [-0.1, -0.05) is 12.1 Å². The van der Waals surface area contributed by atoms with Crippen molar-refractivity contribution in [1.82, 2.24) is 9.97 Å². The Bertz CT molecular complexity index is 831. The van der Waals surface area contributed by atoms with Crippen LogP contribution in [-0.4, -0.2) is 21.0 Å². The fourth-order valence-corrected chi connectivity index (χ4v) is 2.05. The van der Waals surface area contributed by atoms with Crippen molar-refractivity contribution in [3.63, 3.8) is 0 Å². The van der Waals surface area contributed by atoms with E-state index in [0.29, 0.717) is 5.69 Å². The van der Waals surface area contributed by atoms with Crippen LogP contribution in [0.15, 0.2) is 48.9 Å². The van der Waals surface area contributed by atoms with Crippen molar-refractivity contribution in [2.45, 2.75) is 0 Å². The summed E-state index contributed by atoms with van der Waals surface area (Å²) in [7, 11) is 0. The number of hydrogen-bond donors (Lipinski definition) is 2. The Balaban J connectivity index is 2.07. The highest BCUT2D eigenvalue weighted by atomic mass is 19.1. The SMILES string of the molecule is O=C(O)c1ccnc(Nc2cccc3ccncc23)c1F. The summed E-state index contributed by atoms with van der Waals surface area (Å²) in [6, 6.07) is 8.41. The van der Waals surface area contributed by atoms with E-state index in [0.717, 1.165) is 16.8 Å². The topological polar surface area (TPSA) is 75.1 Å². The second-order valence-corrected chi connectivity index (χ2v) is 4.35. The van der Waals surface area contributed by atoms with Crippen molar-refractivity contribution in [3.05, 3.63) is 60.3 Å². The first-order chi connectivity index (χ1) is 10.2. The molecular formula is C15H10FN3O2. The maximum atomic E-state index is 14.1. The normalized spacial score (nSPS) is 10.5. The molecule has 0 amide bonds. The van der Waals surface area contributed by atoms with Gasteiger partial charge in [0.25, 0.3) is 0 Å². The van der Waals surface area contributed by atoms with Crippen molar-refractivity contribution in [2.75, 3.05) is 5.32 Å². The fourth-order valence-electron chi connectivity index (χ4n) is 2.05. The number of aromatic nitrogens is 2. The van der Waals surface area contributed by atoms with Crippen molar-refractivity contribution in [1.29, 1.82) is 0 Å². The number of nitrogens with zero attached hydrogens (tertiary/aromatic N) is 2. The van der Waals surface area contributed by atoms with E-state index < -0.39 is 17.3 Å². The zero-order valence-electron chi connectivity index (χ0n) is 10.7. The van der Waals surface area contributed by atoms with Crippen LogP contribution in [0.1, 0.15) is 10.4 Å². The van der Waals surface area contributed by atoms with Gasteiger partial charge in [-0.25, -0.2) is 14.2 Å². The molecule has 0 aliphatic rings. The molecule has 0 spiro atoms. The predicted molar refractivity (Wildman–Crippen MR) is 76.2 cm³/mol. The third-order valence-electron chi connectivity index (χ3n) is 3.06. The molecule has 5 nitrogen and oxygen atoms in total. The third-order valence-corrected chi connectivity index (χ3v) is 3.06. The summed E-state index contributed by atoms with van der Waals surface area (Å²) in [5.74, 6) is -2.37. The molecule has 3 aromatic rings. The summed E-state index contributed by atoms with van der Waals surface area (Å²) in [6.45, 7) is 0. The fraction of sp³-hybridized carbons (Fsp3) is 0. The lowest BCUT2D eigenvalue weighted by Gasteiger charge is -2.10. The summed E-state index contributed by atoms with van der Waals surface area (Å²) in [5, 5.41) is 13.5. The minimum Gasteiger partial charge on any atom is -0.478 e. The predicted octanol–water partition coefficient (Wildman–Crippen LogP) is 3.21. The number of nitrogens with one attached hydrogen (secondary N) is 1. The Kier molecular flexibility index (Phi) is 3.19. The number of carboxylic acid groups (broad SMARTS) is 1. The third kappa shape index (κ3) is 2.38. The molecule has 1 aromatic carbocycles. The molecule has 21 heavy (non-hydrogen) atoms. The van der Waals surface area contributed by atoms with E-state index in [4.69, 9.17) is 5.11 Å². The van der Waals surface area contributed by atoms with Crippen LogP contribution in [0.4, 0.5) is 15.9 Å². The highest BCUT2D eigenvalue weighted by Gasteiger charge is 2.15. The van der Waals surface area contributed by atoms with E-state index in [1.807, 2.05) is 18.2 Å². The maximum absolute atomic E-state index is 14.1. The first-order valence-electron chi connectivity index (χ1n) is 6.14. The van der Waals surface area contributed by atoms with E-state index >= 15 is 0 Å². The average molecular weight is 283 g/mol. The molecule has 0 unspecified atom stereocenters. The number of anilines is 2. The Morgan fingerprint density at radius 2 is 2.05 bits per heavy atom. The van der Waals surface area contributed by atoms with Crippen molar-refractivity contribution >= 4 is 28.2 Å². The summed E-state index contributed by atoms with van der Waals surface area (Å²) in [5.41, 5.74) is 0.181. The Hall–Kier alpha value is -3.02. The molecule has 0 aliphatic carbocycles. The largest absolute Gasteiger partial charge is 0.478 e. The molecule has 0 radical (unpaired) electrons. The molecule has 104 valence electrons. The Morgan fingerprint density at radius 3 is 2.86 bits per heavy atom. The Morgan fingerprint density at radius 1 is 1.19 bits per heavy atom. The quantitative estimate of drug-likeness (QED) is 0.772. The standard InChI is InChI=1S/C15H10FN3O2/c16-13-10(15(20)21)5-7-18-14(13)19-12-3-1-2-9-4-6-17-8-11(9)12/h1-8H,(H,18,19)(H,20,21). The number of hydrogen-bond acceptors (Lipinski definition) is 4. The van der Waals surface area contributed by atoms with Gasteiger partial charge in [0.05, 0.1) is 0 Å². The highest BCUT2D eigenvalue weighted by molar-refractivity contribution is 5.95. The van der Waals surface area contributed by atoms with Crippen LogP contribution in [0.3, 0.4) is 0 Å². The molecule has 0 saturated heterocycles. The van der Waals surface area contributed by atoms with E-state index in [1.54, 1.807) is 18.5 Å². The molecule has 3 rings (SSSR count). The van der Waals surface area contributed by atoms with Gasteiger partial charge in [-0.05, 0) is 23.6 Å². The molecule has 0 atom stereocenters. The average Bonchev–Trinajstić information content (AvgIpc) is 2.49. The van der Waals surface area contributed by atoms with Crippen LogP contribution in [0.2, 0.25) is 0 Å². The van der Waals surface area contributed by atoms with Gasteiger partial charge in [0.1, 0.15) is 5.56 Å². The van der Waals surface area contributed by atoms with E-state index in [2.05, 4.69) is 15.3 Å². The van der Waals surface area contributed by atoms with Crippen molar-refractivity contribution < 1.29 is 14.3 Å². The van der Waals surface area contributed by atoms with Gasteiger partial charge in [-0.2, -0.15) is 0 Å². The van der Waals surface area contributed by atoms with Crippen molar-refractivity contribution in [3.8, 4) is 0 Å². The lowest BCUT2D eigenvalue weighted by atomic mass is 10.1. The lowest BCUT2D eigenvalue weighted by Crippen LogP contribution is -2.05. The first kappa shape index (κ1) is 13.0. The summed E-state index contributed by atoms with van der Waals surface area (Å²) in [4.78, 5) is 18.8. The number of benzene rings is 1. The van der Waals surface area contributed by atoms with Gasteiger partial charge in [0.2, 0.25) is 0 Å². The number of aromatic carboxylic acids is 1. The molecule has 6 heteroatoms. The summed E-state index contributed by atoms with van der Waals surface area (Å²) < 4.78 is 14.1. The van der Waals surface area contributed by atoms with Gasteiger partial charge >= 0.3 is 5.97 Å². The van der Waals surface area contributed by atoms with E-state index in [-0.39, 0.29) is 5.82 Å². The summed E-state index contributed by atoms with van der Waals surface area (Å²) in [6.07, 6.45) is 4.56. The van der Waals surface area contributed by atoms with Crippen molar-refractivity contribution in [2.24, 2.45) is 0 Å². The second-order valence-electron chi connectivity index (χ2n) is 4.35. The number of halogens is 1. The number of carbonyl (C=O) groups is 1. The van der Waals surface area contributed by atoms with Crippen LogP contribution in [-0.2, 0) is 0 Å². The second kappa shape index (κ2) is 5.16. The molecule has 0 fully saturated rings. The van der Waals surface area contributed by atoms with Gasteiger partial charge < -0.3 is 10.4 Å². The van der Waals surface area contributed by atoms with Gasteiger partial charge in [0.15, 0.2) is 11.6 Å². The molecule has 2 aromatic heterocycles. The zero-order chi connectivity index (χ0) is 14.8. The van der Waals surface area contributed by atoms with Crippen LogP contribution in [0, 0.1) is 5.82 Å². The smallest absolute Gasteiger partial charge is 0.338 e. The Labute approximate surface area is 119 Å². The highest BCUT2D eigenvalue weighted by Crippen LogP contribution is 2.26. The van der Waals surface area contributed by atoms with Crippen LogP contribution < -0.4 is 5.32 Å².